The number of rotatable bonds is 2. The van der Waals surface area contributed by atoms with E-state index in [1.165, 1.54) is 0 Å². The van der Waals surface area contributed by atoms with Crippen LogP contribution >= 0.6 is 0 Å². The van der Waals surface area contributed by atoms with Crippen LogP contribution in [0.2, 0.25) is 0 Å². The molecule has 2 N–H and O–H groups in total. The number of primary amides is 1. The molecule has 0 aromatic rings. The van der Waals surface area contributed by atoms with E-state index in [1.807, 2.05) is 0 Å². The summed E-state index contributed by atoms with van der Waals surface area (Å²) in [7, 11) is 4.19. The summed E-state index contributed by atoms with van der Waals surface area (Å²) in [6.07, 6.45) is 4.16. The Morgan fingerprint density at radius 2 is 1.75 bits per heavy atom. The Hall–Kier alpha value is -0.570. The molecule has 12 heavy (non-hydrogen) atoms. The Kier molecular flexibility index (Phi) is 3.09. The van der Waals surface area contributed by atoms with Crippen LogP contribution in [-0.2, 0) is 4.79 Å². The normalized spacial score (nSPS) is 30.6. The van der Waals surface area contributed by atoms with E-state index in [9.17, 15) is 4.79 Å². The maximum Gasteiger partial charge on any atom is 0.220 e. The zero-order valence-electron chi connectivity index (χ0n) is 7.92. The Bertz CT molecular complexity index is 160. The van der Waals surface area contributed by atoms with Crippen LogP contribution in [0.25, 0.3) is 0 Å². The molecule has 0 bridgehead atoms. The lowest BCUT2D eigenvalue weighted by Crippen LogP contribution is -2.35. The van der Waals surface area contributed by atoms with E-state index in [0.717, 1.165) is 25.7 Å². The highest BCUT2D eigenvalue weighted by molar-refractivity contribution is 5.76. The number of nitrogens with two attached hydrogens (primary N) is 1. The number of hydrogen-bond acceptors (Lipinski definition) is 2. The Labute approximate surface area is 73.9 Å². The van der Waals surface area contributed by atoms with Gasteiger partial charge in [-0.25, -0.2) is 0 Å². The molecule has 0 unspecified atom stereocenters. The molecule has 1 aliphatic carbocycles. The van der Waals surface area contributed by atoms with Crippen molar-refractivity contribution in [3.8, 4) is 0 Å². The molecule has 1 saturated carbocycles. The van der Waals surface area contributed by atoms with Crippen molar-refractivity contribution in [2.75, 3.05) is 14.1 Å². The number of carbonyl (C=O) groups is 1. The molecule has 0 radical (unpaired) electrons. The van der Waals surface area contributed by atoms with E-state index < -0.39 is 0 Å². The molecular formula is C9H18N2O. The first-order valence-corrected chi connectivity index (χ1v) is 4.57. The van der Waals surface area contributed by atoms with Crippen LogP contribution in [0.15, 0.2) is 0 Å². The molecule has 0 aromatic carbocycles. The molecule has 1 fully saturated rings. The van der Waals surface area contributed by atoms with Gasteiger partial charge in [0.05, 0.1) is 0 Å². The predicted molar refractivity (Wildman–Crippen MR) is 48.6 cm³/mol. The molecule has 0 heterocycles. The summed E-state index contributed by atoms with van der Waals surface area (Å²) in [5, 5.41) is 0. The average Bonchev–Trinajstić information content (AvgIpc) is 2.04. The number of hydrogen-bond donors (Lipinski definition) is 1. The van der Waals surface area contributed by atoms with Gasteiger partial charge in [-0.15, -0.1) is 0 Å². The van der Waals surface area contributed by atoms with E-state index in [2.05, 4.69) is 19.0 Å². The third kappa shape index (κ3) is 2.21. The molecule has 3 nitrogen and oxygen atoms in total. The quantitative estimate of drug-likeness (QED) is 0.659. The molecule has 1 amide bonds. The molecule has 0 atom stereocenters. The lowest BCUT2D eigenvalue weighted by atomic mass is 9.85. The fourth-order valence-corrected chi connectivity index (χ4v) is 1.88. The average molecular weight is 170 g/mol. The van der Waals surface area contributed by atoms with Crippen molar-refractivity contribution >= 4 is 5.91 Å². The topological polar surface area (TPSA) is 46.3 Å². The van der Waals surface area contributed by atoms with Crippen molar-refractivity contribution in [2.45, 2.75) is 31.7 Å². The van der Waals surface area contributed by atoms with E-state index in [1.54, 1.807) is 0 Å². The highest BCUT2D eigenvalue weighted by Gasteiger charge is 2.25. The van der Waals surface area contributed by atoms with Gasteiger partial charge < -0.3 is 10.6 Å². The maximum absolute atomic E-state index is 10.8. The molecule has 0 spiro atoms. The fraction of sp³-hybridized carbons (Fsp3) is 0.889. The second kappa shape index (κ2) is 3.90. The van der Waals surface area contributed by atoms with Crippen molar-refractivity contribution in [2.24, 2.45) is 11.7 Å². The van der Waals surface area contributed by atoms with Crippen LogP contribution in [-0.4, -0.2) is 30.9 Å². The van der Waals surface area contributed by atoms with Gasteiger partial charge in [-0.3, -0.25) is 4.79 Å². The monoisotopic (exact) mass is 170 g/mol. The minimum absolute atomic E-state index is 0.118. The SMILES string of the molecule is CN(C)[C@H]1CC[C@H](C(N)=O)CC1. The number of amides is 1. The lowest BCUT2D eigenvalue weighted by molar-refractivity contribution is -0.123. The van der Waals surface area contributed by atoms with Crippen LogP contribution in [0.5, 0.6) is 0 Å². The summed E-state index contributed by atoms with van der Waals surface area (Å²) in [6.45, 7) is 0. The first kappa shape index (κ1) is 9.52. The van der Waals surface area contributed by atoms with Crippen LogP contribution < -0.4 is 5.73 Å². The van der Waals surface area contributed by atoms with Gasteiger partial charge in [0.15, 0.2) is 0 Å². The van der Waals surface area contributed by atoms with E-state index in [0.29, 0.717) is 6.04 Å². The smallest absolute Gasteiger partial charge is 0.220 e. The zero-order chi connectivity index (χ0) is 9.14. The Morgan fingerprint density at radius 1 is 1.25 bits per heavy atom. The van der Waals surface area contributed by atoms with Crippen molar-refractivity contribution in [3.63, 3.8) is 0 Å². The molecule has 3 heteroatoms. The van der Waals surface area contributed by atoms with Crippen molar-refractivity contribution < 1.29 is 4.79 Å². The van der Waals surface area contributed by atoms with Gasteiger partial charge in [0.2, 0.25) is 5.91 Å². The van der Waals surface area contributed by atoms with Crippen LogP contribution in [0.3, 0.4) is 0 Å². The summed E-state index contributed by atoms with van der Waals surface area (Å²) in [4.78, 5) is 13.1. The fourth-order valence-electron chi connectivity index (χ4n) is 1.88. The summed E-state index contributed by atoms with van der Waals surface area (Å²) >= 11 is 0. The summed E-state index contributed by atoms with van der Waals surface area (Å²) < 4.78 is 0. The predicted octanol–water partition coefficient (Wildman–Crippen LogP) is 0.592. The molecule has 1 aliphatic rings. The van der Waals surface area contributed by atoms with Gasteiger partial charge in [-0.2, -0.15) is 0 Å². The molecule has 1 rings (SSSR count). The van der Waals surface area contributed by atoms with Gasteiger partial charge in [-0.05, 0) is 39.8 Å². The van der Waals surface area contributed by atoms with Gasteiger partial charge in [-0.1, -0.05) is 0 Å². The van der Waals surface area contributed by atoms with Crippen LogP contribution in [0, 0.1) is 5.92 Å². The molecule has 0 aromatic heterocycles. The standard InChI is InChI=1S/C9H18N2O/c1-11(2)8-5-3-7(4-6-8)9(10)12/h7-8H,3-6H2,1-2H3,(H2,10,12)/t7-,8-. The van der Waals surface area contributed by atoms with Crippen molar-refractivity contribution in [1.82, 2.24) is 4.90 Å². The van der Waals surface area contributed by atoms with E-state index in [-0.39, 0.29) is 11.8 Å². The minimum atomic E-state index is -0.118. The lowest BCUT2D eigenvalue weighted by Gasteiger charge is -2.31. The summed E-state index contributed by atoms with van der Waals surface area (Å²) in [5.74, 6) is 0.0217. The van der Waals surface area contributed by atoms with Crippen molar-refractivity contribution in [3.05, 3.63) is 0 Å². The summed E-state index contributed by atoms with van der Waals surface area (Å²) in [5.41, 5.74) is 5.24. The zero-order valence-corrected chi connectivity index (χ0v) is 7.92. The minimum Gasteiger partial charge on any atom is -0.369 e. The molecule has 0 aliphatic heterocycles. The van der Waals surface area contributed by atoms with Crippen molar-refractivity contribution in [1.29, 1.82) is 0 Å². The van der Waals surface area contributed by atoms with Crippen LogP contribution in [0.1, 0.15) is 25.7 Å². The highest BCUT2D eigenvalue weighted by atomic mass is 16.1. The molecular weight excluding hydrogens is 152 g/mol. The van der Waals surface area contributed by atoms with Gasteiger partial charge in [0.1, 0.15) is 0 Å². The van der Waals surface area contributed by atoms with Gasteiger partial charge in [0.25, 0.3) is 0 Å². The Balaban J connectivity index is 2.34. The van der Waals surface area contributed by atoms with Gasteiger partial charge >= 0.3 is 0 Å². The highest BCUT2D eigenvalue weighted by Crippen LogP contribution is 2.25. The second-order valence-electron chi connectivity index (χ2n) is 3.87. The summed E-state index contributed by atoms with van der Waals surface area (Å²) in [6, 6.07) is 0.653. The van der Waals surface area contributed by atoms with Gasteiger partial charge in [0, 0.05) is 12.0 Å². The first-order chi connectivity index (χ1) is 5.61. The van der Waals surface area contributed by atoms with E-state index >= 15 is 0 Å². The first-order valence-electron chi connectivity index (χ1n) is 4.57. The molecule has 0 saturated heterocycles. The Morgan fingerprint density at radius 3 is 2.08 bits per heavy atom. The third-order valence-corrected chi connectivity index (χ3v) is 2.83. The largest absolute Gasteiger partial charge is 0.369 e. The second-order valence-corrected chi connectivity index (χ2v) is 3.87. The number of carbonyl (C=O) groups excluding carboxylic acids is 1. The number of nitrogens with zero attached hydrogens (tertiary/aromatic N) is 1. The molecule has 70 valence electrons. The van der Waals surface area contributed by atoms with E-state index in [4.69, 9.17) is 5.73 Å². The maximum atomic E-state index is 10.8. The van der Waals surface area contributed by atoms with Crippen LogP contribution in [0.4, 0.5) is 0 Å². The third-order valence-electron chi connectivity index (χ3n) is 2.83.